The summed E-state index contributed by atoms with van der Waals surface area (Å²) in [5.74, 6) is 0.916. The molecule has 0 bridgehead atoms. The van der Waals surface area contributed by atoms with Crippen molar-refractivity contribution in [3.63, 3.8) is 0 Å². The Morgan fingerprint density at radius 3 is 2.31 bits per heavy atom. The summed E-state index contributed by atoms with van der Waals surface area (Å²) in [5.41, 5.74) is 1.12. The fraction of sp³-hybridized carbons (Fsp3) is 0.300. The molecule has 138 valence electrons. The minimum atomic E-state index is -0.232. The molecular weight excluding hydrogens is 332 g/mol. The van der Waals surface area contributed by atoms with E-state index in [-0.39, 0.29) is 18.4 Å². The average Bonchev–Trinajstić information content (AvgIpc) is 2.67. The second-order valence-corrected chi connectivity index (χ2v) is 5.57. The zero-order valence-corrected chi connectivity index (χ0v) is 15.3. The average molecular weight is 356 g/mol. The van der Waals surface area contributed by atoms with Crippen LogP contribution in [0, 0.1) is 0 Å². The van der Waals surface area contributed by atoms with Gasteiger partial charge in [0.25, 0.3) is 11.8 Å². The number of ether oxygens (including phenoxy) is 2. The molecule has 0 aliphatic carbocycles. The number of rotatable bonds is 8. The third-order valence-corrected chi connectivity index (χ3v) is 3.92. The van der Waals surface area contributed by atoms with Crippen LogP contribution in [0.4, 0.5) is 5.69 Å². The van der Waals surface area contributed by atoms with E-state index in [0.29, 0.717) is 35.8 Å². The first-order valence-corrected chi connectivity index (χ1v) is 8.53. The lowest BCUT2D eigenvalue weighted by molar-refractivity contribution is -0.132. The Bertz CT molecular complexity index is 740. The zero-order valence-electron chi connectivity index (χ0n) is 15.3. The number of methoxy groups -OCH3 is 1. The molecular formula is C20H24N2O4. The van der Waals surface area contributed by atoms with Gasteiger partial charge in [-0.1, -0.05) is 6.07 Å². The molecule has 26 heavy (non-hydrogen) atoms. The van der Waals surface area contributed by atoms with E-state index in [0.717, 1.165) is 0 Å². The molecule has 0 aliphatic heterocycles. The minimum absolute atomic E-state index is 0.0302. The number of hydrogen-bond donors (Lipinski definition) is 1. The summed E-state index contributed by atoms with van der Waals surface area (Å²) in [6, 6.07) is 13.8. The number of anilines is 1. The molecule has 2 amide bonds. The SMILES string of the molecule is CCN(CC)C(=O)COc1cccc(NC(=O)c2ccc(OC)cc2)c1. The lowest BCUT2D eigenvalue weighted by Gasteiger charge is -2.18. The van der Waals surface area contributed by atoms with Gasteiger partial charge >= 0.3 is 0 Å². The van der Waals surface area contributed by atoms with E-state index >= 15 is 0 Å². The topological polar surface area (TPSA) is 67.9 Å². The minimum Gasteiger partial charge on any atom is -0.497 e. The predicted octanol–water partition coefficient (Wildman–Crippen LogP) is 3.19. The predicted molar refractivity (Wildman–Crippen MR) is 101 cm³/mol. The highest BCUT2D eigenvalue weighted by Crippen LogP contribution is 2.19. The van der Waals surface area contributed by atoms with Gasteiger partial charge in [0, 0.05) is 30.4 Å². The van der Waals surface area contributed by atoms with E-state index in [2.05, 4.69) is 5.32 Å². The highest BCUT2D eigenvalue weighted by atomic mass is 16.5. The molecule has 2 aromatic carbocycles. The first-order chi connectivity index (χ1) is 12.6. The fourth-order valence-corrected chi connectivity index (χ4v) is 2.42. The number of benzene rings is 2. The molecule has 0 saturated heterocycles. The van der Waals surface area contributed by atoms with Gasteiger partial charge in [0.1, 0.15) is 11.5 Å². The molecule has 1 N–H and O–H groups in total. The van der Waals surface area contributed by atoms with Gasteiger partial charge in [-0.15, -0.1) is 0 Å². The van der Waals surface area contributed by atoms with E-state index in [1.54, 1.807) is 60.5 Å². The van der Waals surface area contributed by atoms with Crippen LogP contribution in [-0.2, 0) is 4.79 Å². The summed E-state index contributed by atoms with van der Waals surface area (Å²) in [7, 11) is 1.57. The van der Waals surface area contributed by atoms with Crippen LogP contribution in [0.25, 0.3) is 0 Å². The number of nitrogens with one attached hydrogen (secondary N) is 1. The third kappa shape index (κ3) is 5.24. The van der Waals surface area contributed by atoms with Gasteiger partial charge in [-0.25, -0.2) is 0 Å². The van der Waals surface area contributed by atoms with Gasteiger partial charge < -0.3 is 19.7 Å². The number of hydrogen-bond acceptors (Lipinski definition) is 4. The number of amides is 2. The monoisotopic (exact) mass is 356 g/mol. The highest BCUT2D eigenvalue weighted by molar-refractivity contribution is 6.04. The van der Waals surface area contributed by atoms with E-state index in [1.165, 1.54) is 0 Å². The molecule has 0 radical (unpaired) electrons. The maximum absolute atomic E-state index is 12.3. The van der Waals surface area contributed by atoms with Gasteiger partial charge in [0.2, 0.25) is 0 Å². The maximum Gasteiger partial charge on any atom is 0.260 e. The van der Waals surface area contributed by atoms with Crippen LogP contribution < -0.4 is 14.8 Å². The first kappa shape index (κ1) is 19.3. The molecule has 0 unspecified atom stereocenters. The molecule has 2 aromatic rings. The summed E-state index contributed by atoms with van der Waals surface area (Å²) in [4.78, 5) is 26.0. The zero-order chi connectivity index (χ0) is 18.9. The quantitative estimate of drug-likeness (QED) is 0.789. The summed E-state index contributed by atoms with van der Waals surface area (Å²) in [6.07, 6.45) is 0. The van der Waals surface area contributed by atoms with Crippen LogP contribution in [0.15, 0.2) is 48.5 Å². The number of carbonyl (C=O) groups is 2. The Kier molecular flexibility index (Phi) is 7.02. The summed E-state index contributed by atoms with van der Waals surface area (Å²) in [5, 5.41) is 2.81. The van der Waals surface area contributed by atoms with Crippen LogP contribution in [0.1, 0.15) is 24.2 Å². The van der Waals surface area contributed by atoms with Crippen LogP contribution in [0.3, 0.4) is 0 Å². The molecule has 0 aromatic heterocycles. The lowest BCUT2D eigenvalue weighted by atomic mass is 10.2. The highest BCUT2D eigenvalue weighted by Gasteiger charge is 2.11. The van der Waals surface area contributed by atoms with Crippen molar-refractivity contribution in [1.29, 1.82) is 0 Å². The smallest absolute Gasteiger partial charge is 0.260 e. The van der Waals surface area contributed by atoms with E-state index < -0.39 is 0 Å². The molecule has 0 spiro atoms. The van der Waals surface area contributed by atoms with Crippen molar-refractivity contribution >= 4 is 17.5 Å². The number of carbonyl (C=O) groups excluding carboxylic acids is 2. The van der Waals surface area contributed by atoms with Gasteiger partial charge in [-0.3, -0.25) is 9.59 Å². The van der Waals surface area contributed by atoms with E-state index in [4.69, 9.17) is 9.47 Å². The molecule has 0 aliphatic rings. The Balaban J connectivity index is 1.97. The van der Waals surface area contributed by atoms with Crippen molar-refractivity contribution < 1.29 is 19.1 Å². The van der Waals surface area contributed by atoms with Crippen LogP contribution in [-0.4, -0.2) is 43.5 Å². The Morgan fingerprint density at radius 1 is 1.00 bits per heavy atom. The lowest BCUT2D eigenvalue weighted by Crippen LogP contribution is -2.34. The Morgan fingerprint density at radius 2 is 1.69 bits per heavy atom. The van der Waals surface area contributed by atoms with Gasteiger partial charge in [-0.05, 0) is 50.2 Å². The molecule has 0 atom stereocenters. The van der Waals surface area contributed by atoms with Crippen molar-refractivity contribution in [2.75, 3.05) is 32.1 Å². The third-order valence-electron chi connectivity index (χ3n) is 3.92. The van der Waals surface area contributed by atoms with E-state index in [1.807, 2.05) is 13.8 Å². The van der Waals surface area contributed by atoms with Crippen molar-refractivity contribution in [3.8, 4) is 11.5 Å². The summed E-state index contributed by atoms with van der Waals surface area (Å²) in [6.45, 7) is 5.12. The van der Waals surface area contributed by atoms with Gasteiger partial charge in [-0.2, -0.15) is 0 Å². The normalized spacial score (nSPS) is 10.1. The molecule has 2 rings (SSSR count). The second-order valence-electron chi connectivity index (χ2n) is 5.57. The fourth-order valence-electron chi connectivity index (χ4n) is 2.42. The summed E-state index contributed by atoms with van der Waals surface area (Å²) >= 11 is 0. The van der Waals surface area contributed by atoms with Crippen molar-refractivity contribution in [3.05, 3.63) is 54.1 Å². The van der Waals surface area contributed by atoms with Crippen molar-refractivity contribution in [1.82, 2.24) is 4.90 Å². The van der Waals surface area contributed by atoms with Gasteiger partial charge in [0.15, 0.2) is 6.61 Å². The standard InChI is InChI=1S/C20H24N2O4/c1-4-22(5-2)19(23)14-26-18-8-6-7-16(13-18)21-20(24)15-9-11-17(25-3)12-10-15/h6-13H,4-5,14H2,1-3H3,(H,21,24). The number of nitrogens with zero attached hydrogens (tertiary/aromatic N) is 1. The molecule has 0 saturated carbocycles. The van der Waals surface area contributed by atoms with Crippen LogP contribution >= 0.6 is 0 Å². The molecule has 0 fully saturated rings. The molecule has 6 heteroatoms. The molecule has 0 heterocycles. The second kappa shape index (κ2) is 9.46. The summed E-state index contributed by atoms with van der Waals surface area (Å²) < 4.78 is 10.6. The Hall–Kier alpha value is -3.02. The Labute approximate surface area is 153 Å². The first-order valence-electron chi connectivity index (χ1n) is 8.53. The van der Waals surface area contributed by atoms with Crippen molar-refractivity contribution in [2.45, 2.75) is 13.8 Å². The van der Waals surface area contributed by atoms with Crippen molar-refractivity contribution in [2.24, 2.45) is 0 Å². The molecule has 6 nitrogen and oxygen atoms in total. The maximum atomic E-state index is 12.3. The largest absolute Gasteiger partial charge is 0.497 e. The van der Waals surface area contributed by atoms with Crippen LogP contribution in [0.5, 0.6) is 11.5 Å². The van der Waals surface area contributed by atoms with Gasteiger partial charge in [0.05, 0.1) is 7.11 Å². The van der Waals surface area contributed by atoms with Crippen LogP contribution in [0.2, 0.25) is 0 Å². The number of likely N-dealkylation sites (N-methyl/N-ethyl adjacent to an activating group) is 1. The van der Waals surface area contributed by atoms with E-state index in [9.17, 15) is 9.59 Å².